The molecule has 138 valence electrons. The SMILES string of the molecule is CCn1nc(C)cc1C(=O)NCC(=O)N1CCN(c2ccccc2)CC1. The first-order valence-electron chi connectivity index (χ1n) is 8.99. The van der Waals surface area contributed by atoms with Crippen LogP contribution in [0.3, 0.4) is 0 Å². The fraction of sp³-hybridized carbons (Fsp3) is 0.421. The second-order valence-electron chi connectivity index (χ2n) is 6.37. The van der Waals surface area contributed by atoms with Gasteiger partial charge in [0.2, 0.25) is 5.91 Å². The molecule has 1 saturated heterocycles. The molecule has 0 unspecified atom stereocenters. The summed E-state index contributed by atoms with van der Waals surface area (Å²) in [5.41, 5.74) is 2.46. The third kappa shape index (κ3) is 4.04. The molecule has 1 aromatic carbocycles. The highest BCUT2D eigenvalue weighted by Gasteiger charge is 2.22. The molecule has 0 saturated carbocycles. The van der Waals surface area contributed by atoms with Crippen molar-refractivity contribution in [3.8, 4) is 0 Å². The minimum atomic E-state index is -0.260. The third-order valence-corrected chi connectivity index (χ3v) is 4.59. The molecule has 0 atom stereocenters. The van der Waals surface area contributed by atoms with Gasteiger partial charge in [-0.05, 0) is 32.0 Å². The number of aromatic nitrogens is 2. The van der Waals surface area contributed by atoms with Gasteiger partial charge in [0.15, 0.2) is 0 Å². The van der Waals surface area contributed by atoms with Crippen molar-refractivity contribution in [1.29, 1.82) is 0 Å². The topological polar surface area (TPSA) is 70.5 Å². The van der Waals surface area contributed by atoms with Crippen molar-refractivity contribution in [3.05, 3.63) is 47.8 Å². The van der Waals surface area contributed by atoms with Crippen LogP contribution in [-0.2, 0) is 11.3 Å². The van der Waals surface area contributed by atoms with E-state index >= 15 is 0 Å². The summed E-state index contributed by atoms with van der Waals surface area (Å²) in [5, 5.41) is 6.98. The van der Waals surface area contributed by atoms with Gasteiger partial charge in [-0.15, -0.1) is 0 Å². The van der Waals surface area contributed by atoms with Gasteiger partial charge >= 0.3 is 0 Å². The molecule has 1 aliphatic rings. The maximum atomic E-state index is 12.4. The maximum Gasteiger partial charge on any atom is 0.269 e. The van der Waals surface area contributed by atoms with E-state index in [1.54, 1.807) is 10.7 Å². The van der Waals surface area contributed by atoms with Crippen LogP contribution < -0.4 is 10.2 Å². The van der Waals surface area contributed by atoms with Crippen LogP contribution in [0.4, 0.5) is 5.69 Å². The van der Waals surface area contributed by atoms with Crippen molar-refractivity contribution < 1.29 is 9.59 Å². The van der Waals surface area contributed by atoms with Gasteiger partial charge in [-0.25, -0.2) is 0 Å². The molecule has 7 nitrogen and oxygen atoms in total. The summed E-state index contributed by atoms with van der Waals surface area (Å²) < 4.78 is 1.65. The molecule has 1 fully saturated rings. The van der Waals surface area contributed by atoms with Gasteiger partial charge in [0.25, 0.3) is 5.91 Å². The lowest BCUT2D eigenvalue weighted by molar-refractivity contribution is -0.130. The first kappa shape index (κ1) is 18.0. The lowest BCUT2D eigenvalue weighted by Gasteiger charge is -2.36. The van der Waals surface area contributed by atoms with E-state index in [0.717, 1.165) is 18.8 Å². The second kappa shape index (κ2) is 8.03. The number of carbonyl (C=O) groups is 2. The largest absolute Gasteiger partial charge is 0.368 e. The predicted molar refractivity (Wildman–Crippen MR) is 100 cm³/mol. The average molecular weight is 355 g/mol. The lowest BCUT2D eigenvalue weighted by Crippen LogP contribution is -2.51. The van der Waals surface area contributed by atoms with E-state index in [-0.39, 0.29) is 18.4 Å². The van der Waals surface area contributed by atoms with Crippen LogP contribution in [0.5, 0.6) is 0 Å². The Morgan fingerprint density at radius 3 is 2.46 bits per heavy atom. The number of aryl methyl sites for hydroxylation is 2. The number of hydrogen-bond donors (Lipinski definition) is 1. The molecular weight excluding hydrogens is 330 g/mol. The second-order valence-corrected chi connectivity index (χ2v) is 6.37. The Balaban J connectivity index is 1.49. The summed E-state index contributed by atoms with van der Waals surface area (Å²) in [6.07, 6.45) is 0. The molecule has 7 heteroatoms. The molecule has 3 rings (SSSR count). The van der Waals surface area contributed by atoms with Crippen LogP contribution in [0.1, 0.15) is 23.1 Å². The normalized spacial score (nSPS) is 14.4. The Bertz CT molecular complexity index is 763. The number of benzene rings is 1. The fourth-order valence-corrected chi connectivity index (χ4v) is 3.18. The van der Waals surface area contributed by atoms with Gasteiger partial charge in [-0.3, -0.25) is 14.3 Å². The summed E-state index contributed by atoms with van der Waals surface area (Å²) in [6.45, 7) is 7.33. The van der Waals surface area contributed by atoms with E-state index in [1.165, 1.54) is 5.69 Å². The molecule has 0 spiro atoms. The Morgan fingerprint density at radius 1 is 1.12 bits per heavy atom. The van der Waals surface area contributed by atoms with Crippen molar-refractivity contribution in [1.82, 2.24) is 20.0 Å². The number of amides is 2. The fourth-order valence-electron chi connectivity index (χ4n) is 3.18. The van der Waals surface area contributed by atoms with Crippen molar-refractivity contribution in [2.24, 2.45) is 0 Å². The van der Waals surface area contributed by atoms with Crippen molar-refractivity contribution in [3.63, 3.8) is 0 Å². The number of anilines is 1. The zero-order valence-corrected chi connectivity index (χ0v) is 15.3. The van der Waals surface area contributed by atoms with Crippen LogP contribution in [0.25, 0.3) is 0 Å². The number of carbonyl (C=O) groups excluding carboxylic acids is 2. The highest BCUT2D eigenvalue weighted by atomic mass is 16.2. The number of nitrogens with zero attached hydrogens (tertiary/aromatic N) is 4. The van der Waals surface area contributed by atoms with Crippen LogP contribution >= 0.6 is 0 Å². The van der Waals surface area contributed by atoms with E-state index < -0.39 is 0 Å². The van der Waals surface area contributed by atoms with E-state index in [4.69, 9.17) is 0 Å². The average Bonchev–Trinajstić information content (AvgIpc) is 3.07. The Kier molecular flexibility index (Phi) is 5.55. The molecule has 2 heterocycles. The van der Waals surface area contributed by atoms with Crippen molar-refractivity contribution in [2.75, 3.05) is 37.6 Å². The molecule has 2 aromatic rings. The number of piperazine rings is 1. The van der Waals surface area contributed by atoms with Gasteiger partial charge in [-0.2, -0.15) is 5.10 Å². The third-order valence-electron chi connectivity index (χ3n) is 4.59. The van der Waals surface area contributed by atoms with Crippen molar-refractivity contribution in [2.45, 2.75) is 20.4 Å². The van der Waals surface area contributed by atoms with Gasteiger partial charge in [0.05, 0.1) is 12.2 Å². The molecule has 1 aromatic heterocycles. The minimum Gasteiger partial charge on any atom is -0.368 e. The lowest BCUT2D eigenvalue weighted by atomic mass is 10.2. The number of para-hydroxylation sites is 1. The monoisotopic (exact) mass is 355 g/mol. The molecule has 0 aliphatic carbocycles. The van der Waals surface area contributed by atoms with Gasteiger partial charge < -0.3 is 15.1 Å². The van der Waals surface area contributed by atoms with E-state index in [9.17, 15) is 9.59 Å². The Morgan fingerprint density at radius 2 is 1.81 bits per heavy atom. The molecule has 1 N–H and O–H groups in total. The van der Waals surface area contributed by atoms with Gasteiger partial charge in [0.1, 0.15) is 5.69 Å². The summed E-state index contributed by atoms with van der Waals surface area (Å²) in [4.78, 5) is 28.8. The highest BCUT2D eigenvalue weighted by molar-refractivity contribution is 5.95. The van der Waals surface area contributed by atoms with Gasteiger partial charge in [-0.1, -0.05) is 18.2 Å². The molecule has 0 radical (unpaired) electrons. The smallest absolute Gasteiger partial charge is 0.269 e. The van der Waals surface area contributed by atoms with Crippen LogP contribution in [0, 0.1) is 6.92 Å². The van der Waals surface area contributed by atoms with Crippen LogP contribution in [-0.4, -0.2) is 59.2 Å². The van der Waals surface area contributed by atoms with Crippen molar-refractivity contribution >= 4 is 17.5 Å². The molecule has 0 bridgehead atoms. The predicted octanol–water partition coefficient (Wildman–Crippen LogP) is 1.29. The van der Waals surface area contributed by atoms with Gasteiger partial charge in [0, 0.05) is 38.4 Å². The summed E-state index contributed by atoms with van der Waals surface area (Å²) in [7, 11) is 0. The number of hydrogen-bond acceptors (Lipinski definition) is 4. The van der Waals surface area contributed by atoms with Crippen LogP contribution in [0.2, 0.25) is 0 Å². The quantitative estimate of drug-likeness (QED) is 0.877. The Hall–Kier alpha value is -2.83. The number of nitrogens with one attached hydrogen (secondary N) is 1. The maximum absolute atomic E-state index is 12.4. The molecule has 26 heavy (non-hydrogen) atoms. The van der Waals surface area contributed by atoms with E-state index in [0.29, 0.717) is 25.3 Å². The van der Waals surface area contributed by atoms with Crippen LogP contribution in [0.15, 0.2) is 36.4 Å². The standard InChI is InChI=1S/C19H25N5O2/c1-3-24-17(13-15(2)21-24)19(26)20-14-18(25)23-11-9-22(10-12-23)16-7-5-4-6-8-16/h4-8,13H,3,9-12,14H2,1-2H3,(H,20,26). The summed E-state index contributed by atoms with van der Waals surface area (Å²) in [5.74, 6) is -0.311. The zero-order chi connectivity index (χ0) is 18.5. The first-order valence-corrected chi connectivity index (χ1v) is 8.99. The van der Waals surface area contributed by atoms with E-state index in [1.807, 2.05) is 36.9 Å². The molecular formula is C19H25N5O2. The molecule has 1 aliphatic heterocycles. The summed E-state index contributed by atoms with van der Waals surface area (Å²) in [6, 6.07) is 11.9. The summed E-state index contributed by atoms with van der Waals surface area (Å²) >= 11 is 0. The first-order chi connectivity index (χ1) is 12.6. The highest BCUT2D eigenvalue weighted by Crippen LogP contribution is 2.15. The zero-order valence-electron chi connectivity index (χ0n) is 15.3. The Labute approximate surface area is 153 Å². The van der Waals surface area contributed by atoms with E-state index in [2.05, 4.69) is 27.4 Å². The molecule has 2 amide bonds. The minimum absolute atomic E-state index is 0.0120. The number of rotatable bonds is 5.